The van der Waals surface area contributed by atoms with Gasteiger partial charge in [0.1, 0.15) is 16.9 Å². The first-order chi connectivity index (χ1) is 22.4. The fourth-order valence-corrected chi connectivity index (χ4v) is 6.54. The molecule has 4 heterocycles. The highest BCUT2D eigenvalue weighted by Crippen LogP contribution is 2.44. The molecule has 13 heteroatoms. The van der Waals surface area contributed by atoms with Gasteiger partial charge in [0.25, 0.3) is 5.91 Å². The van der Waals surface area contributed by atoms with Crippen molar-refractivity contribution in [3.63, 3.8) is 0 Å². The van der Waals surface area contributed by atoms with Crippen LogP contribution in [0.4, 0.5) is 5.82 Å². The van der Waals surface area contributed by atoms with Crippen LogP contribution in [0.5, 0.6) is 17.2 Å². The molecule has 244 valence electrons. The molecule has 1 saturated heterocycles. The molecule has 2 N–H and O–H groups in total. The molecule has 13 nitrogen and oxygen atoms in total. The van der Waals surface area contributed by atoms with Gasteiger partial charge in [0, 0.05) is 74.8 Å². The number of amides is 2. The minimum absolute atomic E-state index is 0.0539. The monoisotopic (exact) mass is 630 g/mol. The van der Waals surface area contributed by atoms with Crippen LogP contribution in [0.25, 0.3) is 21.9 Å². The number of rotatable bonds is 5. The average molecular weight is 631 g/mol. The molecule has 1 atom stereocenters. The van der Waals surface area contributed by atoms with Gasteiger partial charge in [-0.25, -0.2) is 4.98 Å². The number of carbonyl (C=O) groups is 2. The van der Waals surface area contributed by atoms with Crippen LogP contribution in [-0.2, 0) is 11.3 Å². The zero-order chi connectivity index (χ0) is 32.2. The highest BCUT2D eigenvalue weighted by Gasteiger charge is 2.27. The maximum atomic E-state index is 13.8. The number of aromatic nitrogens is 4. The van der Waals surface area contributed by atoms with Crippen molar-refractivity contribution < 1.29 is 23.8 Å². The van der Waals surface area contributed by atoms with Crippen molar-refractivity contribution in [1.29, 1.82) is 0 Å². The van der Waals surface area contributed by atoms with Crippen LogP contribution in [-0.4, -0.2) is 109 Å². The Labute approximate surface area is 268 Å². The van der Waals surface area contributed by atoms with Gasteiger partial charge in [0.05, 0.1) is 26.8 Å². The lowest BCUT2D eigenvalue weighted by atomic mass is 9.97. The molecule has 2 amide bonds. The number of pyridine rings is 1. The lowest BCUT2D eigenvalue weighted by Crippen LogP contribution is -2.42. The Kier molecular flexibility index (Phi) is 9.38. The summed E-state index contributed by atoms with van der Waals surface area (Å²) in [5.74, 6) is 2.66. The molecular formula is C33H42N8O5. The number of nitrogens with one attached hydrogen (secondary N) is 2. The number of likely N-dealkylation sites (N-methyl/N-ethyl adjacent to an activating group) is 1. The lowest BCUT2D eigenvalue weighted by molar-refractivity contribution is -0.121. The molecule has 2 aromatic carbocycles. The number of benzene rings is 2. The number of H-pyrrole nitrogens is 1. The summed E-state index contributed by atoms with van der Waals surface area (Å²) in [5, 5.41) is 14.8. The van der Waals surface area contributed by atoms with Gasteiger partial charge in [-0.2, -0.15) is 15.4 Å². The maximum absolute atomic E-state index is 13.8. The van der Waals surface area contributed by atoms with Gasteiger partial charge in [0.2, 0.25) is 11.7 Å². The van der Waals surface area contributed by atoms with E-state index in [9.17, 15) is 9.59 Å². The largest absolute Gasteiger partial charge is 0.493 e. The summed E-state index contributed by atoms with van der Waals surface area (Å²) in [6.45, 7) is 7.13. The van der Waals surface area contributed by atoms with Crippen LogP contribution in [0, 0.1) is 5.92 Å². The summed E-state index contributed by atoms with van der Waals surface area (Å²) >= 11 is 0. The van der Waals surface area contributed by atoms with Gasteiger partial charge in [-0.1, -0.05) is 6.92 Å². The van der Waals surface area contributed by atoms with Crippen molar-refractivity contribution in [2.24, 2.45) is 5.92 Å². The Bertz CT molecular complexity index is 1730. The second kappa shape index (κ2) is 13.8. The van der Waals surface area contributed by atoms with E-state index in [1.807, 2.05) is 6.07 Å². The molecule has 1 unspecified atom stereocenters. The molecule has 0 radical (unpaired) electrons. The van der Waals surface area contributed by atoms with Gasteiger partial charge in [-0.15, -0.1) is 0 Å². The number of aromatic amines is 1. The SMILES string of the molecule is CCN1CCN(C(=O)c2ccc3n[nH]nc3c2)CCC(=O)NCC2CCCN(C2)c2nc3cc(OC)c(OC)c(OC)c3cc2C1. The topological polar surface area (TPSA) is 138 Å². The predicted octanol–water partition coefficient (Wildman–Crippen LogP) is 3.23. The van der Waals surface area contributed by atoms with Crippen LogP contribution < -0.4 is 24.4 Å². The van der Waals surface area contributed by atoms with Crippen molar-refractivity contribution in [3.8, 4) is 17.2 Å². The van der Waals surface area contributed by atoms with E-state index in [0.717, 1.165) is 54.8 Å². The van der Waals surface area contributed by atoms with E-state index < -0.39 is 0 Å². The number of fused-ring (bicyclic) bond motifs is 6. The highest BCUT2D eigenvalue weighted by molar-refractivity contribution is 5.97. The first-order valence-electron chi connectivity index (χ1n) is 15.9. The van der Waals surface area contributed by atoms with Crippen molar-refractivity contribution >= 4 is 39.6 Å². The van der Waals surface area contributed by atoms with Crippen molar-refractivity contribution in [1.82, 2.24) is 35.5 Å². The van der Waals surface area contributed by atoms with E-state index in [4.69, 9.17) is 19.2 Å². The van der Waals surface area contributed by atoms with Gasteiger partial charge in [-0.3, -0.25) is 14.5 Å². The van der Waals surface area contributed by atoms with Crippen molar-refractivity contribution in [2.45, 2.75) is 32.7 Å². The summed E-state index contributed by atoms with van der Waals surface area (Å²) < 4.78 is 17.2. The molecule has 46 heavy (non-hydrogen) atoms. The standard InChI is InChI=1S/C33H42N8O5/c1-5-39-13-14-40(33(43)22-8-9-25-27(16-22)37-38-36-25)12-10-29(42)34-18-21-7-6-11-41(19-21)32-23(20-39)15-24-26(35-32)17-28(44-2)31(46-4)30(24)45-3/h8-9,15-17,21H,5-7,10-14,18-20H2,1-4H3,(H,34,42)(H,36,37,38). The number of anilines is 1. The number of ether oxygens (including phenoxy) is 3. The average Bonchev–Trinajstić information content (AvgIpc) is 3.56. The second-order valence-corrected chi connectivity index (χ2v) is 11.9. The van der Waals surface area contributed by atoms with E-state index in [1.165, 1.54) is 0 Å². The number of nitrogens with zero attached hydrogens (tertiary/aromatic N) is 6. The van der Waals surface area contributed by atoms with E-state index in [-0.39, 0.29) is 24.2 Å². The Hall–Kier alpha value is -4.65. The zero-order valence-electron chi connectivity index (χ0n) is 27.0. The third-order valence-corrected chi connectivity index (χ3v) is 9.07. The fraction of sp³-hybridized carbons (Fsp3) is 0.485. The minimum atomic E-state index is -0.140. The molecule has 4 aromatic rings. The Morgan fingerprint density at radius 1 is 0.957 bits per heavy atom. The fourth-order valence-electron chi connectivity index (χ4n) is 6.54. The predicted molar refractivity (Wildman–Crippen MR) is 175 cm³/mol. The normalized spacial score (nSPS) is 18.4. The number of methoxy groups -OCH3 is 3. The number of hydrogen-bond donors (Lipinski definition) is 2. The lowest BCUT2D eigenvalue weighted by Gasteiger charge is -2.35. The Balaban J connectivity index is 1.37. The Morgan fingerprint density at radius 3 is 2.57 bits per heavy atom. The number of piperidine rings is 1. The number of carbonyl (C=O) groups excluding carboxylic acids is 2. The van der Waals surface area contributed by atoms with E-state index >= 15 is 0 Å². The van der Waals surface area contributed by atoms with Crippen LogP contribution in [0.3, 0.4) is 0 Å². The molecular weight excluding hydrogens is 588 g/mol. The highest BCUT2D eigenvalue weighted by atomic mass is 16.5. The third kappa shape index (κ3) is 6.37. The molecule has 6 rings (SSSR count). The molecule has 0 saturated carbocycles. The van der Waals surface area contributed by atoms with Crippen LogP contribution >= 0.6 is 0 Å². The molecule has 1 fully saturated rings. The third-order valence-electron chi connectivity index (χ3n) is 9.07. The minimum Gasteiger partial charge on any atom is -0.493 e. The van der Waals surface area contributed by atoms with Gasteiger partial charge >= 0.3 is 0 Å². The quantitative estimate of drug-likeness (QED) is 0.338. The van der Waals surface area contributed by atoms with E-state index in [0.29, 0.717) is 66.6 Å². The summed E-state index contributed by atoms with van der Waals surface area (Å²) in [4.78, 5) is 38.5. The van der Waals surface area contributed by atoms with Crippen LogP contribution in [0.2, 0.25) is 0 Å². The summed E-state index contributed by atoms with van der Waals surface area (Å²) in [7, 11) is 4.83. The van der Waals surface area contributed by atoms with E-state index in [2.05, 4.69) is 43.5 Å². The summed E-state index contributed by atoms with van der Waals surface area (Å²) in [5.41, 5.74) is 3.65. The zero-order valence-corrected chi connectivity index (χ0v) is 27.0. The van der Waals surface area contributed by atoms with Gasteiger partial charge < -0.3 is 29.3 Å². The van der Waals surface area contributed by atoms with Crippen LogP contribution in [0.1, 0.15) is 42.1 Å². The first-order valence-corrected chi connectivity index (χ1v) is 15.9. The molecule has 0 spiro atoms. The Morgan fingerprint density at radius 2 is 1.78 bits per heavy atom. The van der Waals surface area contributed by atoms with E-state index in [1.54, 1.807) is 44.4 Å². The first kappa shape index (κ1) is 31.3. The van der Waals surface area contributed by atoms with Gasteiger partial charge in [0.15, 0.2) is 11.5 Å². The molecule has 2 aliphatic rings. The second-order valence-electron chi connectivity index (χ2n) is 11.9. The molecule has 2 bridgehead atoms. The molecule has 2 aromatic heterocycles. The van der Waals surface area contributed by atoms with Crippen molar-refractivity contribution in [2.75, 3.05) is 72.0 Å². The summed E-state index contributed by atoms with van der Waals surface area (Å²) in [6.07, 6.45) is 2.26. The maximum Gasteiger partial charge on any atom is 0.253 e. The molecule has 0 aliphatic carbocycles. The van der Waals surface area contributed by atoms with Crippen molar-refractivity contribution in [3.05, 3.63) is 41.5 Å². The molecule has 2 aliphatic heterocycles. The van der Waals surface area contributed by atoms with Gasteiger partial charge in [-0.05, 0) is 49.6 Å². The smallest absolute Gasteiger partial charge is 0.253 e. The van der Waals surface area contributed by atoms with Crippen LogP contribution in [0.15, 0.2) is 30.3 Å². The summed E-state index contributed by atoms with van der Waals surface area (Å²) in [6, 6.07) is 9.34. The number of hydrogen-bond acceptors (Lipinski definition) is 10.